The summed E-state index contributed by atoms with van der Waals surface area (Å²) in [7, 11) is -3.77. The number of halogens is 1. The van der Waals surface area contributed by atoms with Gasteiger partial charge in [-0.15, -0.1) is 0 Å². The van der Waals surface area contributed by atoms with Crippen molar-refractivity contribution < 1.29 is 22.7 Å². The Morgan fingerprint density at radius 2 is 1.71 bits per heavy atom. The van der Waals surface area contributed by atoms with E-state index in [4.69, 9.17) is 22.1 Å². The van der Waals surface area contributed by atoms with Crippen molar-refractivity contribution in [3.05, 3.63) is 76.3 Å². The average Bonchev–Trinajstić information content (AvgIpc) is 3.45. The molecule has 2 aromatic carbocycles. The molecule has 1 aliphatic carbocycles. The third-order valence-corrected chi connectivity index (χ3v) is 9.45. The first-order valence-electron chi connectivity index (χ1n) is 13.9. The van der Waals surface area contributed by atoms with Gasteiger partial charge in [-0.05, 0) is 68.9 Å². The van der Waals surface area contributed by atoms with Gasteiger partial charge >= 0.3 is 0 Å². The number of hydrogen-bond donors (Lipinski definition) is 4. The summed E-state index contributed by atoms with van der Waals surface area (Å²) in [6.07, 6.45) is 3.50. The topological polar surface area (TPSA) is 140 Å². The number of nitrogens with two attached hydrogens (primary N) is 1. The van der Waals surface area contributed by atoms with Crippen LogP contribution in [0.2, 0.25) is 5.02 Å². The lowest BCUT2D eigenvalue weighted by Crippen LogP contribution is -2.58. The van der Waals surface area contributed by atoms with E-state index in [1.54, 1.807) is 38.1 Å². The van der Waals surface area contributed by atoms with Gasteiger partial charge in [0.2, 0.25) is 21.8 Å². The van der Waals surface area contributed by atoms with Crippen LogP contribution in [0.1, 0.15) is 64.0 Å². The van der Waals surface area contributed by atoms with Crippen molar-refractivity contribution >= 4 is 38.3 Å². The molecule has 2 unspecified atom stereocenters. The molecule has 1 heterocycles. The fourth-order valence-electron chi connectivity index (χ4n) is 5.45. The number of rotatable bonds is 11. The van der Waals surface area contributed by atoms with E-state index in [1.165, 1.54) is 0 Å². The normalized spacial score (nSPS) is 19.2. The van der Waals surface area contributed by atoms with E-state index in [1.807, 2.05) is 37.3 Å². The minimum absolute atomic E-state index is 0.0616. The number of benzene rings is 2. The van der Waals surface area contributed by atoms with Gasteiger partial charge in [-0.3, -0.25) is 9.59 Å². The van der Waals surface area contributed by atoms with Crippen molar-refractivity contribution in [2.75, 3.05) is 6.61 Å². The van der Waals surface area contributed by atoms with Gasteiger partial charge in [0.15, 0.2) is 0 Å². The van der Waals surface area contributed by atoms with Crippen molar-refractivity contribution in [1.29, 1.82) is 0 Å². The van der Waals surface area contributed by atoms with Crippen LogP contribution in [-0.2, 0) is 31.0 Å². The van der Waals surface area contributed by atoms with Crippen LogP contribution >= 0.6 is 11.6 Å². The van der Waals surface area contributed by atoms with Crippen molar-refractivity contribution in [3.63, 3.8) is 0 Å². The van der Waals surface area contributed by atoms with Gasteiger partial charge in [0.05, 0.1) is 29.2 Å². The molecule has 0 aromatic heterocycles. The highest BCUT2D eigenvalue weighted by Crippen LogP contribution is 2.48. The first-order valence-corrected chi connectivity index (χ1v) is 15.7. The average molecular weight is 603 g/mol. The zero-order chi connectivity index (χ0) is 29.8. The predicted molar refractivity (Wildman–Crippen MR) is 160 cm³/mol. The summed E-state index contributed by atoms with van der Waals surface area (Å²) in [4.78, 5) is 26.4. The minimum atomic E-state index is -3.77. The molecular formula is C30H39ClN4O5S. The SMILES string of the molecule is CC(CC1=C(c2ccc(Cl)cc2)S(=O)(=O)NC12CCCC2)NC(=O)C(COCc1ccccc1)NC(=O)C(C)(C)N. The summed E-state index contributed by atoms with van der Waals surface area (Å²) < 4.78 is 35.6. The third kappa shape index (κ3) is 7.55. The lowest BCUT2D eigenvalue weighted by Gasteiger charge is -2.29. The standard InChI is InChI=1S/C30H39ClN4O5S/c1-20(33-27(36)25(34-28(37)29(2,3)32)19-40-18-21-9-5-4-6-10-21)17-24-26(22-11-13-23(31)14-12-22)41(38,39)35-30(24)15-7-8-16-30/h4-6,9-14,20,25,35H,7-8,15-19,32H2,1-3H3,(H,33,36)(H,34,37). The number of carbonyl (C=O) groups is 2. The van der Waals surface area contributed by atoms with E-state index in [9.17, 15) is 18.0 Å². The molecule has 5 N–H and O–H groups in total. The third-order valence-electron chi connectivity index (χ3n) is 7.52. The monoisotopic (exact) mass is 602 g/mol. The molecule has 41 heavy (non-hydrogen) atoms. The van der Waals surface area contributed by atoms with E-state index >= 15 is 0 Å². The Bertz CT molecular complexity index is 1380. The molecule has 4 rings (SSSR count). The Hall–Kier alpha value is -2.76. The van der Waals surface area contributed by atoms with Crippen LogP contribution in [0, 0.1) is 0 Å². The maximum Gasteiger partial charge on any atom is 0.245 e. The van der Waals surface area contributed by atoms with Crippen LogP contribution in [0.5, 0.6) is 0 Å². The Kier molecular flexibility index (Phi) is 9.60. The van der Waals surface area contributed by atoms with Gasteiger partial charge in [-0.25, -0.2) is 13.1 Å². The quantitative estimate of drug-likeness (QED) is 0.310. The Labute approximate surface area is 247 Å². The van der Waals surface area contributed by atoms with Gasteiger partial charge in [-0.2, -0.15) is 0 Å². The second-order valence-electron chi connectivity index (χ2n) is 11.6. The zero-order valence-electron chi connectivity index (χ0n) is 23.7. The molecule has 1 spiro atoms. The molecule has 11 heteroatoms. The van der Waals surface area contributed by atoms with Gasteiger partial charge in [0.1, 0.15) is 6.04 Å². The summed E-state index contributed by atoms with van der Waals surface area (Å²) in [5.41, 5.74) is 6.35. The number of carbonyl (C=O) groups excluding carboxylic acids is 2. The van der Waals surface area contributed by atoms with E-state index in [0.717, 1.165) is 24.0 Å². The Balaban J connectivity index is 1.54. The highest BCUT2D eigenvalue weighted by atomic mass is 35.5. The number of hydrogen-bond acceptors (Lipinski definition) is 6. The zero-order valence-corrected chi connectivity index (χ0v) is 25.3. The van der Waals surface area contributed by atoms with Crippen LogP contribution in [0.3, 0.4) is 0 Å². The number of ether oxygens (including phenoxy) is 1. The molecule has 1 saturated carbocycles. The first-order chi connectivity index (χ1) is 19.3. The largest absolute Gasteiger partial charge is 0.374 e. The molecule has 2 aliphatic rings. The fourth-order valence-corrected chi connectivity index (χ4v) is 7.57. The molecule has 2 amide bonds. The maximum absolute atomic E-state index is 13.5. The molecule has 1 fully saturated rings. The van der Waals surface area contributed by atoms with Crippen LogP contribution in [0.15, 0.2) is 60.2 Å². The molecule has 0 radical (unpaired) electrons. The molecule has 2 aromatic rings. The smallest absolute Gasteiger partial charge is 0.245 e. The van der Waals surface area contributed by atoms with Gasteiger partial charge in [0.25, 0.3) is 0 Å². The number of sulfonamides is 1. The van der Waals surface area contributed by atoms with Gasteiger partial charge < -0.3 is 21.1 Å². The fraction of sp³-hybridized carbons (Fsp3) is 0.467. The predicted octanol–water partition coefficient (Wildman–Crippen LogP) is 3.63. The molecule has 1 aliphatic heterocycles. The molecule has 0 saturated heterocycles. The summed E-state index contributed by atoms with van der Waals surface area (Å²) in [5, 5.41) is 6.20. The van der Waals surface area contributed by atoms with Crippen molar-refractivity contribution in [1.82, 2.24) is 15.4 Å². The number of nitrogens with one attached hydrogen (secondary N) is 3. The first kappa shape index (κ1) is 31.2. The molecular weight excluding hydrogens is 564 g/mol. The lowest BCUT2D eigenvalue weighted by molar-refractivity contribution is -0.133. The van der Waals surface area contributed by atoms with Crippen LogP contribution < -0.4 is 21.1 Å². The molecule has 9 nitrogen and oxygen atoms in total. The van der Waals surface area contributed by atoms with E-state index in [-0.39, 0.29) is 18.1 Å². The Morgan fingerprint density at radius 1 is 1.07 bits per heavy atom. The van der Waals surface area contributed by atoms with E-state index in [2.05, 4.69) is 15.4 Å². The van der Waals surface area contributed by atoms with E-state index < -0.39 is 45.0 Å². The number of amides is 2. The summed E-state index contributed by atoms with van der Waals surface area (Å²) >= 11 is 6.08. The summed E-state index contributed by atoms with van der Waals surface area (Å²) in [6.45, 7) is 5.15. The van der Waals surface area contributed by atoms with E-state index in [0.29, 0.717) is 29.8 Å². The Morgan fingerprint density at radius 3 is 2.32 bits per heavy atom. The van der Waals surface area contributed by atoms with Crippen molar-refractivity contribution in [2.45, 2.75) is 82.6 Å². The van der Waals surface area contributed by atoms with Gasteiger partial charge in [-0.1, -0.05) is 66.9 Å². The molecule has 0 bridgehead atoms. The second kappa shape index (κ2) is 12.6. The van der Waals surface area contributed by atoms with Crippen molar-refractivity contribution in [3.8, 4) is 0 Å². The van der Waals surface area contributed by atoms with Crippen LogP contribution in [0.4, 0.5) is 0 Å². The summed E-state index contributed by atoms with van der Waals surface area (Å²) in [5.74, 6) is -0.927. The van der Waals surface area contributed by atoms with Crippen LogP contribution in [-0.4, -0.2) is 50.0 Å². The molecule has 222 valence electrons. The van der Waals surface area contributed by atoms with Crippen LogP contribution in [0.25, 0.3) is 4.91 Å². The maximum atomic E-state index is 13.5. The van der Waals surface area contributed by atoms with Gasteiger partial charge in [0, 0.05) is 11.1 Å². The van der Waals surface area contributed by atoms with Crippen molar-refractivity contribution in [2.24, 2.45) is 5.73 Å². The highest BCUT2D eigenvalue weighted by molar-refractivity contribution is 7.99. The molecule has 2 atom stereocenters. The summed E-state index contributed by atoms with van der Waals surface area (Å²) in [6, 6.07) is 14.8. The highest BCUT2D eigenvalue weighted by Gasteiger charge is 2.50. The lowest BCUT2D eigenvalue weighted by atomic mass is 9.84. The second-order valence-corrected chi connectivity index (χ2v) is 13.6. The minimum Gasteiger partial charge on any atom is -0.374 e.